The van der Waals surface area contributed by atoms with Crippen LogP contribution in [0.2, 0.25) is 0 Å². The summed E-state index contributed by atoms with van der Waals surface area (Å²) in [5.74, 6) is 0. The molecule has 0 aliphatic rings. The topological polar surface area (TPSA) is 67.5 Å². The van der Waals surface area contributed by atoms with Crippen LogP contribution in [0.1, 0.15) is 19.4 Å². The van der Waals surface area contributed by atoms with Crippen molar-refractivity contribution in [3.05, 3.63) is 35.9 Å². The summed E-state index contributed by atoms with van der Waals surface area (Å²) in [6.45, 7) is 4.02. The van der Waals surface area contributed by atoms with Gasteiger partial charge in [-0.3, -0.25) is 0 Å². The second kappa shape index (κ2) is 4.59. The van der Waals surface area contributed by atoms with Crippen LogP contribution in [0.25, 0.3) is 0 Å². The molecule has 0 spiro atoms. The number of hydrogen-bond donors (Lipinski definition) is 2. The number of benzene rings is 1. The molecule has 1 aromatic carbocycles. The maximum absolute atomic E-state index is 10.4. The largest absolute Gasteiger partial charge is 0.350 e. The third kappa shape index (κ3) is 3.42. The van der Waals surface area contributed by atoms with Crippen molar-refractivity contribution in [2.75, 3.05) is 0 Å². The minimum atomic E-state index is -0.657. The summed E-state index contributed by atoms with van der Waals surface area (Å²) >= 11 is 0. The third-order valence-corrected chi connectivity index (χ3v) is 2.08. The van der Waals surface area contributed by atoms with Gasteiger partial charge in [0.05, 0.1) is 0 Å². The third-order valence-electron chi connectivity index (χ3n) is 2.08. The van der Waals surface area contributed by atoms with Gasteiger partial charge < -0.3 is 5.73 Å². The fourth-order valence-corrected chi connectivity index (χ4v) is 1.20. The first kappa shape index (κ1) is 11.2. The summed E-state index contributed by atoms with van der Waals surface area (Å²) in [6.07, 6.45) is 1.66. The van der Waals surface area contributed by atoms with Crippen LogP contribution in [-0.2, 0) is 5.41 Å². The molecule has 0 saturated carbocycles. The van der Waals surface area contributed by atoms with Gasteiger partial charge in [0.2, 0.25) is 0 Å². The molecule has 0 aliphatic carbocycles. The van der Waals surface area contributed by atoms with Gasteiger partial charge in [-0.25, -0.2) is 10.2 Å². The molecule has 0 fully saturated rings. The number of primary amides is 1. The van der Waals surface area contributed by atoms with Crippen LogP contribution in [0.4, 0.5) is 4.79 Å². The van der Waals surface area contributed by atoms with Crippen molar-refractivity contribution in [3.8, 4) is 0 Å². The van der Waals surface area contributed by atoms with Gasteiger partial charge in [0.25, 0.3) is 0 Å². The molecule has 0 aliphatic heterocycles. The van der Waals surface area contributed by atoms with Gasteiger partial charge in [-0.2, -0.15) is 5.10 Å². The molecule has 4 heteroatoms. The van der Waals surface area contributed by atoms with E-state index in [1.165, 1.54) is 0 Å². The molecule has 0 saturated heterocycles. The highest BCUT2D eigenvalue weighted by molar-refractivity contribution is 5.76. The molecule has 0 unspecified atom stereocenters. The number of rotatable bonds is 3. The number of amides is 2. The number of nitrogens with one attached hydrogen (secondary N) is 1. The maximum atomic E-state index is 10.4. The first-order chi connectivity index (χ1) is 7.02. The molecule has 3 N–H and O–H groups in total. The highest BCUT2D eigenvalue weighted by Crippen LogP contribution is 2.19. The van der Waals surface area contributed by atoms with E-state index < -0.39 is 6.03 Å². The van der Waals surface area contributed by atoms with Crippen LogP contribution >= 0.6 is 0 Å². The molecule has 0 aromatic heterocycles. The Kier molecular flexibility index (Phi) is 3.44. The van der Waals surface area contributed by atoms with Gasteiger partial charge in [-0.1, -0.05) is 44.2 Å². The number of hydrogen-bond acceptors (Lipinski definition) is 2. The maximum Gasteiger partial charge on any atom is 0.332 e. The van der Waals surface area contributed by atoms with Crippen molar-refractivity contribution in [1.82, 2.24) is 5.43 Å². The van der Waals surface area contributed by atoms with Crippen LogP contribution in [0.3, 0.4) is 0 Å². The molecular weight excluding hydrogens is 190 g/mol. The lowest BCUT2D eigenvalue weighted by Gasteiger charge is -2.19. The van der Waals surface area contributed by atoms with Gasteiger partial charge in [-0.15, -0.1) is 0 Å². The van der Waals surface area contributed by atoms with E-state index in [2.05, 4.69) is 10.5 Å². The SMILES string of the molecule is CC(C)(/C=N\NC(N)=O)c1ccccc1. The number of nitrogens with zero attached hydrogens (tertiary/aromatic N) is 1. The molecule has 0 heterocycles. The van der Waals surface area contributed by atoms with Crippen molar-refractivity contribution in [3.63, 3.8) is 0 Å². The predicted octanol–water partition coefficient (Wildman–Crippen LogP) is 1.62. The van der Waals surface area contributed by atoms with E-state index >= 15 is 0 Å². The van der Waals surface area contributed by atoms with Crippen LogP contribution in [0, 0.1) is 0 Å². The Bertz CT molecular complexity index is 357. The summed E-state index contributed by atoms with van der Waals surface area (Å²) in [5.41, 5.74) is 7.97. The summed E-state index contributed by atoms with van der Waals surface area (Å²) in [6, 6.07) is 9.25. The fraction of sp³-hybridized carbons (Fsp3) is 0.273. The zero-order valence-corrected chi connectivity index (χ0v) is 8.90. The molecule has 80 valence electrons. The average Bonchev–Trinajstić information content (AvgIpc) is 2.18. The molecule has 2 amide bonds. The minimum absolute atomic E-state index is 0.232. The molecular formula is C11H15N3O. The smallest absolute Gasteiger partial charge is 0.332 e. The van der Waals surface area contributed by atoms with Gasteiger partial charge in [-0.05, 0) is 5.56 Å². The Balaban J connectivity index is 2.75. The van der Waals surface area contributed by atoms with Crippen molar-refractivity contribution in [1.29, 1.82) is 0 Å². The molecule has 0 bridgehead atoms. The number of nitrogens with two attached hydrogens (primary N) is 1. The van der Waals surface area contributed by atoms with E-state index in [-0.39, 0.29) is 5.41 Å². The summed E-state index contributed by atoms with van der Waals surface area (Å²) in [7, 11) is 0. The number of carbonyl (C=O) groups excluding carboxylic acids is 1. The molecule has 0 atom stereocenters. The van der Waals surface area contributed by atoms with Crippen LogP contribution in [0.15, 0.2) is 35.4 Å². The Morgan fingerprint density at radius 1 is 1.40 bits per heavy atom. The Morgan fingerprint density at radius 2 is 2.00 bits per heavy atom. The van der Waals surface area contributed by atoms with E-state index in [1.807, 2.05) is 44.2 Å². The van der Waals surface area contributed by atoms with Gasteiger partial charge in [0.1, 0.15) is 0 Å². The van der Waals surface area contributed by atoms with Gasteiger partial charge >= 0.3 is 6.03 Å². The van der Waals surface area contributed by atoms with Gasteiger partial charge in [0.15, 0.2) is 0 Å². The first-order valence-electron chi connectivity index (χ1n) is 4.67. The van der Waals surface area contributed by atoms with E-state index in [0.29, 0.717) is 0 Å². The average molecular weight is 205 g/mol. The lowest BCUT2D eigenvalue weighted by atomic mass is 9.86. The second-order valence-electron chi connectivity index (χ2n) is 3.82. The summed E-state index contributed by atoms with van der Waals surface area (Å²) in [5, 5.41) is 3.77. The van der Waals surface area contributed by atoms with E-state index in [0.717, 1.165) is 5.56 Å². The van der Waals surface area contributed by atoms with Gasteiger partial charge in [0, 0.05) is 11.6 Å². The normalized spacial score (nSPS) is 11.6. The monoisotopic (exact) mass is 205 g/mol. The number of carbonyl (C=O) groups is 1. The van der Waals surface area contributed by atoms with Crippen LogP contribution in [0.5, 0.6) is 0 Å². The summed E-state index contributed by atoms with van der Waals surface area (Å²) < 4.78 is 0. The number of urea groups is 1. The van der Waals surface area contributed by atoms with Crippen molar-refractivity contribution < 1.29 is 4.79 Å². The Hall–Kier alpha value is -1.84. The zero-order valence-electron chi connectivity index (χ0n) is 8.90. The van der Waals surface area contributed by atoms with Crippen LogP contribution < -0.4 is 11.2 Å². The Morgan fingerprint density at radius 3 is 2.53 bits per heavy atom. The standard InChI is InChI=1S/C11H15N3O/c1-11(2,8-13-14-10(12)15)9-6-4-3-5-7-9/h3-8H,1-2H3,(H3,12,14,15)/b13-8-. The van der Waals surface area contributed by atoms with E-state index in [9.17, 15) is 4.79 Å². The lowest BCUT2D eigenvalue weighted by Crippen LogP contribution is -2.27. The zero-order chi connectivity index (χ0) is 11.3. The van der Waals surface area contributed by atoms with Crippen LogP contribution in [-0.4, -0.2) is 12.2 Å². The molecule has 1 rings (SSSR count). The Labute approximate surface area is 89.2 Å². The fourth-order valence-electron chi connectivity index (χ4n) is 1.20. The lowest BCUT2D eigenvalue weighted by molar-refractivity contribution is 0.249. The quantitative estimate of drug-likeness (QED) is 0.571. The molecule has 4 nitrogen and oxygen atoms in total. The predicted molar refractivity (Wildman–Crippen MR) is 60.7 cm³/mol. The molecule has 0 radical (unpaired) electrons. The van der Waals surface area contributed by atoms with Crippen molar-refractivity contribution in [2.45, 2.75) is 19.3 Å². The van der Waals surface area contributed by atoms with E-state index in [4.69, 9.17) is 5.73 Å². The van der Waals surface area contributed by atoms with Crippen molar-refractivity contribution >= 4 is 12.2 Å². The summed E-state index contributed by atoms with van der Waals surface area (Å²) in [4.78, 5) is 10.4. The van der Waals surface area contributed by atoms with Crippen molar-refractivity contribution in [2.24, 2.45) is 10.8 Å². The first-order valence-corrected chi connectivity index (χ1v) is 4.67. The minimum Gasteiger partial charge on any atom is -0.350 e. The highest BCUT2D eigenvalue weighted by atomic mass is 16.2. The number of hydrazone groups is 1. The molecule has 1 aromatic rings. The van der Waals surface area contributed by atoms with E-state index in [1.54, 1.807) is 6.21 Å². The highest BCUT2D eigenvalue weighted by Gasteiger charge is 2.17. The molecule has 15 heavy (non-hydrogen) atoms. The second-order valence-corrected chi connectivity index (χ2v) is 3.82.